The van der Waals surface area contributed by atoms with Crippen molar-refractivity contribution < 1.29 is 4.79 Å². The molecular weight excluding hydrogens is 378 g/mol. The Kier molecular flexibility index (Phi) is 5.13. The van der Waals surface area contributed by atoms with Gasteiger partial charge in [0, 0.05) is 55.6 Å². The molecule has 1 aliphatic heterocycles. The number of nitrogens with one attached hydrogen (secondary N) is 1. The fraction of sp³-hybridized carbons (Fsp3) is 0.435. The zero-order valence-corrected chi connectivity index (χ0v) is 18.1. The SMILES string of the molecule is Cn1ccc(C(=O)N2CCC[C@@H](c3nc4ccccn4c3NC(C)(C)C)C2)cc1=O. The zero-order valence-electron chi connectivity index (χ0n) is 18.1. The highest BCUT2D eigenvalue weighted by Crippen LogP contribution is 2.34. The molecule has 1 fully saturated rings. The van der Waals surface area contributed by atoms with Gasteiger partial charge in [0.05, 0.1) is 5.69 Å². The summed E-state index contributed by atoms with van der Waals surface area (Å²) in [7, 11) is 1.68. The maximum Gasteiger partial charge on any atom is 0.254 e. The Morgan fingerprint density at radius 3 is 2.73 bits per heavy atom. The van der Waals surface area contributed by atoms with Gasteiger partial charge in [0.25, 0.3) is 11.5 Å². The summed E-state index contributed by atoms with van der Waals surface area (Å²) in [5.74, 6) is 1.04. The number of fused-ring (bicyclic) bond motifs is 1. The number of aryl methyl sites for hydroxylation is 1. The van der Waals surface area contributed by atoms with Gasteiger partial charge in [0.1, 0.15) is 11.5 Å². The molecule has 1 N–H and O–H groups in total. The van der Waals surface area contributed by atoms with Crippen LogP contribution in [0.1, 0.15) is 55.6 Å². The summed E-state index contributed by atoms with van der Waals surface area (Å²) in [6.07, 6.45) is 5.54. The zero-order chi connectivity index (χ0) is 21.5. The average Bonchev–Trinajstić information content (AvgIpc) is 3.06. The Labute approximate surface area is 176 Å². The van der Waals surface area contributed by atoms with Crippen LogP contribution in [0.15, 0.2) is 47.5 Å². The second-order valence-electron chi connectivity index (χ2n) is 9.10. The first-order valence-corrected chi connectivity index (χ1v) is 10.4. The fourth-order valence-electron chi connectivity index (χ4n) is 4.03. The van der Waals surface area contributed by atoms with Crippen molar-refractivity contribution in [3.63, 3.8) is 0 Å². The van der Waals surface area contributed by atoms with E-state index in [-0.39, 0.29) is 22.9 Å². The van der Waals surface area contributed by atoms with Crippen molar-refractivity contribution >= 4 is 17.4 Å². The summed E-state index contributed by atoms with van der Waals surface area (Å²) < 4.78 is 3.55. The van der Waals surface area contributed by atoms with Gasteiger partial charge in [-0.2, -0.15) is 0 Å². The average molecular weight is 408 g/mol. The van der Waals surface area contributed by atoms with Gasteiger partial charge in [-0.1, -0.05) is 6.07 Å². The first kappa shape index (κ1) is 20.2. The van der Waals surface area contributed by atoms with Gasteiger partial charge in [-0.05, 0) is 51.8 Å². The van der Waals surface area contributed by atoms with Crippen molar-refractivity contribution in [2.45, 2.75) is 45.1 Å². The highest BCUT2D eigenvalue weighted by molar-refractivity contribution is 5.94. The van der Waals surface area contributed by atoms with Gasteiger partial charge in [0.2, 0.25) is 0 Å². The third-order valence-corrected chi connectivity index (χ3v) is 5.50. The van der Waals surface area contributed by atoms with E-state index < -0.39 is 0 Å². The smallest absolute Gasteiger partial charge is 0.254 e. The topological polar surface area (TPSA) is 71.6 Å². The van der Waals surface area contributed by atoms with Crippen molar-refractivity contribution in [1.82, 2.24) is 18.9 Å². The van der Waals surface area contributed by atoms with Gasteiger partial charge < -0.3 is 14.8 Å². The second-order valence-corrected chi connectivity index (χ2v) is 9.10. The van der Waals surface area contributed by atoms with E-state index in [0.717, 1.165) is 30.0 Å². The first-order valence-electron chi connectivity index (χ1n) is 10.4. The summed E-state index contributed by atoms with van der Waals surface area (Å²) in [5, 5.41) is 3.61. The normalized spacial score (nSPS) is 17.3. The number of piperidine rings is 1. The van der Waals surface area contributed by atoms with E-state index in [9.17, 15) is 9.59 Å². The molecule has 4 heterocycles. The molecule has 0 aliphatic carbocycles. The van der Waals surface area contributed by atoms with Crippen LogP contribution in [-0.2, 0) is 7.05 Å². The molecular formula is C23H29N5O2. The minimum Gasteiger partial charge on any atom is -0.365 e. The molecule has 3 aromatic heterocycles. The van der Waals surface area contributed by atoms with Crippen molar-refractivity contribution in [1.29, 1.82) is 0 Å². The number of aromatic nitrogens is 3. The molecule has 0 aromatic carbocycles. The van der Waals surface area contributed by atoms with E-state index >= 15 is 0 Å². The van der Waals surface area contributed by atoms with Crippen LogP contribution in [0.5, 0.6) is 0 Å². The third kappa shape index (κ3) is 3.97. The van der Waals surface area contributed by atoms with Crippen LogP contribution in [0.4, 0.5) is 5.82 Å². The number of pyridine rings is 2. The highest BCUT2D eigenvalue weighted by Gasteiger charge is 2.30. The molecule has 0 saturated carbocycles. The molecule has 0 unspecified atom stereocenters. The summed E-state index contributed by atoms with van der Waals surface area (Å²) in [4.78, 5) is 31.8. The van der Waals surface area contributed by atoms with Crippen LogP contribution in [0.2, 0.25) is 0 Å². The molecule has 1 atom stereocenters. The predicted octanol–water partition coefficient (Wildman–Crippen LogP) is 3.26. The molecule has 3 aromatic rings. The number of imidazole rings is 1. The Morgan fingerprint density at radius 2 is 2.00 bits per heavy atom. The lowest BCUT2D eigenvalue weighted by molar-refractivity contribution is 0.0706. The Hall–Kier alpha value is -3.09. The standard InChI is InChI=1S/C23H29N5O2/c1-23(2,3)25-21-20(24-18-9-5-6-12-28(18)21)17-8-7-11-27(15-17)22(30)16-10-13-26(4)19(29)14-16/h5-6,9-10,12-14,17,25H,7-8,11,15H2,1-4H3/t17-/m1/s1. The number of anilines is 1. The predicted molar refractivity (Wildman–Crippen MR) is 118 cm³/mol. The van der Waals surface area contributed by atoms with Crippen LogP contribution >= 0.6 is 0 Å². The number of hydrogen-bond donors (Lipinski definition) is 1. The lowest BCUT2D eigenvalue weighted by atomic mass is 9.93. The van der Waals surface area contributed by atoms with E-state index in [1.165, 1.54) is 10.6 Å². The van der Waals surface area contributed by atoms with Crippen LogP contribution in [-0.4, -0.2) is 43.4 Å². The minimum atomic E-state index is -0.175. The van der Waals surface area contributed by atoms with Gasteiger partial charge in [-0.15, -0.1) is 0 Å². The number of nitrogens with zero attached hydrogens (tertiary/aromatic N) is 4. The minimum absolute atomic E-state index is 0.0912. The molecule has 30 heavy (non-hydrogen) atoms. The van der Waals surface area contributed by atoms with Crippen LogP contribution in [0.3, 0.4) is 0 Å². The third-order valence-electron chi connectivity index (χ3n) is 5.50. The van der Waals surface area contributed by atoms with Gasteiger partial charge >= 0.3 is 0 Å². The molecule has 158 valence electrons. The molecule has 4 rings (SSSR count). The molecule has 0 radical (unpaired) electrons. The Morgan fingerprint density at radius 1 is 1.20 bits per heavy atom. The van der Waals surface area contributed by atoms with Crippen molar-refractivity contribution in [3.8, 4) is 0 Å². The second kappa shape index (κ2) is 7.63. The maximum absolute atomic E-state index is 13.1. The quantitative estimate of drug-likeness (QED) is 0.723. The monoisotopic (exact) mass is 407 g/mol. The molecule has 1 amide bonds. The van der Waals surface area contributed by atoms with Crippen molar-refractivity contribution in [3.05, 3.63) is 64.3 Å². The molecule has 1 aliphatic rings. The number of likely N-dealkylation sites (tertiary alicyclic amines) is 1. The number of hydrogen-bond acceptors (Lipinski definition) is 4. The molecule has 0 bridgehead atoms. The van der Waals surface area contributed by atoms with Gasteiger partial charge in [0.15, 0.2) is 0 Å². The summed E-state index contributed by atoms with van der Waals surface area (Å²) in [6, 6.07) is 9.12. The summed E-state index contributed by atoms with van der Waals surface area (Å²) >= 11 is 0. The van der Waals surface area contributed by atoms with Crippen molar-refractivity contribution in [2.75, 3.05) is 18.4 Å². The summed E-state index contributed by atoms with van der Waals surface area (Å²) in [6.45, 7) is 7.68. The lowest BCUT2D eigenvalue weighted by Gasteiger charge is -2.33. The van der Waals surface area contributed by atoms with E-state index in [1.807, 2.05) is 29.3 Å². The highest BCUT2D eigenvalue weighted by atomic mass is 16.2. The molecule has 7 nitrogen and oxygen atoms in total. The number of carbonyl (C=O) groups is 1. The fourth-order valence-corrected chi connectivity index (χ4v) is 4.03. The van der Waals surface area contributed by atoms with Crippen molar-refractivity contribution in [2.24, 2.45) is 7.05 Å². The first-order chi connectivity index (χ1) is 14.2. The number of rotatable bonds is 3. The van der Waals surface area contributed by atoms with Gasteiger partial charge in [-0.25, -0.2) is 4.98 Å². The maximum atomic E-state index is 13.1. The van der Waals surface area contributed by atoms with E-state index in [4.69, 9.17) is 4.98 Å². The van der Waals surface area contributed by atoms with E-state index in [1.54, 1.807) is 19.3 Å². The molecule has 7 heteroatoms. The lowest BCUT2D eigenvalue weighted by Crippen LogP contribution is -2.40. The molecule has 1 saturated heterocycles. The number of amides is 1. The van der Waals surface area contributed by atoms with E-state index in [0.29, 0.717) is 18.7 Å². The van der Waals surface area contributed by atoms with Gasteiger partial charge in [-0.3, -0.25) is 14.0 Å². The molecule has 0 spiro atoms. The number of carbonyl (C=O) groups excluding carboxylic acids is 1. The summed E-state index contributed by atoms with van der Waals surface area (Å²) in [5.41, 5.74) is 2.05. The van der Waals surface area contributed by atoms with Crippen LogP contribution < -0.4 is 10.9 Å². The largest absolute Gasteiger partial charge is 0.365 e. The Bertz CT molecular complexity index is 1140. The van der Waals surface area contributed by atoms with Crippen LogP contribution in [0, 0.1) is 0 Å². The van der Waals surface area contributed by atoms with E-state index in [2.05, 4.69) is 30.5 Å². The van der Waals surface area contributed by atoms with Crippen LogP contribution in [0.25, 0.3) is 5.65 Å². The Balaban J connectivity index is 1.65.